The molecule has 0 fully saturated rings. The van der Waals surface area contributed by atoms with Gasteiger partial charge in [-0.2, -0.15) is 0 Å². The number of hydrogen-bond acceptors (Lipinski definition) is 6. The molecule has 0 aliphatic rings. The zero-order chi connectivity index (χ0) is 21.1. The summed E-state index contributed by atoms with van der Waals surface area (Å²) < 4.78 is 16.1. The van der Waals surface area contributed by atoms with E-state index in [4.69, 9.17) is 9.15 Å². The van der Waals surface area contributed by atoms with Crippen molar-refractivity contribution in [1.29, 1.82) is 0 Å². The molecule has 0 N–H and O–H groups in total. The highest BCUT2D eigenvalue weighted by molar-refractivity contribution is 5.99. The Kier molecular flexibility index (Phi) is 5.82. The molecular weight excluding hydrogens is 372 g/mol. The Bertz CT molecular complexity index is 1130. The lowest BCUT2D eigenvalue weighted by Gasteiger charge is -2.17. The van der Waals surface area contributed by atoms with Crippen LogP contribution < -0.4 is 10.4 Å². The number of aryl methyl sites for hydroxylation is 2. The molecule has 0 saturated carbocycles. The third-order valence-electron chi connectivity index (χ3n) is 4.77. The molecule has 3 aromatic rings. The zero-order valence-corrected chi connectivity index (χ0v) is 16.8. The summed E-state index contributed by atoms with van der Waals surface area (Å²) in [5, 5.41) is 0.557. The summed E-state index contributed by atoms with van der Waals surface area (Å²) in [5.41, 5.74) is 1.89. The molecule has 29 heavy (non-hydrogen) atoms. The first-order valence-electron chi connectivity index (χ1n) is 9.21. The smallest absolute Gasteiger partial charge is 0.340 e. The van der Waals surface area contributed by atoms with Crippen LogP contribution in [0.25, 0.3) is 11.0 Å². The van der Waals surface area contributed by atoms with Gasteiger partial charge in [-0.05, 0) is 44.0 Å². The van der Waals surface area contributed by atoms with Gasteiger partial charge in [0, 0.05) is 5.56 Å². The highest BCUT2D eigenvalue weighted by atomic mass is 16.5. The maximum Gasteiger partial charge on any atom is 0.340 e. The quantitative estimate of drug-likeness (QED) is 0.359. The van der Waals surface area contributed by atoms with Gasteiger partial charge >= 0.3 is 11.6 Å². The van der Waals surface area contributed by atoms with E-state index >= 15 is 0 Å². The number of hydrogen-bond donors (Lipinski definition) is 0. The van der Waals surface area contributed by atoms with Crippen molar-refractivity contribution in [2.45, 2.75) is 33.3 Å². The largest absolute Gasteiger partial charge is 0.482 e. The second kappa shape index (κ2) is 8.31. The molecule has 0 radical (unpaired) electrons. The molecule has 0 bridgehead atoms. The van der Waals surface area contributed by atoms with Crippen LogP contribution in [0.15, 0.2) is 51.7 Å². The first kappa shape index (κ1) is 20.3. The Hall–Kier alpha value is -3.41. The molecule has 0 amide bonds. The maximum atomic E-state index is 12.7. The molecule has 0 saturated heterocycles. The van der Waals surface area contributed by atoms with Crippen LogP contribution in [-0.4, -0.2) is 25.0 Å². The fourth-order valence-electron chi connectivity index (χ4n) is 3.23. The number of fused-ring (bicyclic) bond motifs is 1. The SMILES string of the molecule is COC(=O)Cc1c(C)c2c(O[C@@H](C)C(=O)c3ccccc3)cc(C)cc2oc1=O. The Morgan fingerprint density at radius 3 is 2.45 bits per heavy atom. The van der Waals surface area contributed by atoms with Crippen molar-refractivity contribution in [2.24, 2.45) is 0 Å². The Labute approximate surface area is 168 Å². The lowest BCUT2D eigenvalue weighted by Crippen LogP contribution is -2.24. The van der Waals surface area contributed by atoms with Crippen molar-refractivity contribution < 1.29 is 23.5 Å². The van der Waals surface area contributed by atoms with Crippen molar-refractivity contribution in [3.05, 3.63) is 75.1 Å². The van der Waals surface area contributed by atoms with Crippen LogP contribution in [0.2, 0.25) is 0 Å². The van der Waals surface area contributed by atoms with E-state index in [2.05, 4.69) is 4.74 Å². The Morgan fingerprint density at radius 1 is 1.10 bits per heavy atom. The predicted molar refractivity (Wildman–Crippen MR) is 109 cm³/mol. The fraction of sp³-hybridized carbons (Fsp3) is 0.261. The minimum atomic E-state index is -0.752. The van der Waals surface area contributed by atoms with E-state index in [1.165, 1.54) is 7.11 Å². The summed E-state index contributed by atoms with van der Waals surface area (Å²) >= 11 is 0. The number of rotatable bonds is 6. The summed E-state index contributed by atoms with van der Waals surface area (Å²) in [5.74, 6) is -0.281. The van der Waals surface area contributed by atoms with E-state index in [0.717, 1.165) is 5.56 Å². The van der Waals surface area contributed by atoms with Crippen LogP contribution in [0.4, 0.5) is 0 Å². The molecule has 1 aromatic heterocycles. The number of ether oxygens (including phenoxy) is 2. The molecule has 3 rings (SSSR count). The summed E-state index contributed by atoms with van der Waals surface area (Å²) in [4.78, 5) is 36.8. The fourth-order valence-corrected chi connectivity index (χ4v) is 3.23. The van der Waals surface area contributed by atoms with Gasteiger partial charge < -0.3 is 13.9 Å². The monoisotopic (exact) mass is 394 g/mol. The average molecular weight is 394 g/mol. The molecule has 150 valence electrons. The number of Topliss-reactive ketones (excluding diaryl/α,β-unsaturated/α-hetero) is 1. The summed E-state index contributed by atoms with van der Waals surface area (Å²) in [6.07, 6.45) is -0.954. The second-order valence-electron chi connectivity index (χ2n) is 6.87. The van der Waals surface area contributed by atoms with E-state index in [-0.39, 0.29) is 17.8 Å². The van der Waals surface area contributed by atoms with Gasteiger partial charge in [-0.1, -0.05) is 30.3 Å². The number of benzene rings is 2. The predicted octanol–water partition coefficient (Wildman–Crippen LogP) is 3.78. The number of esters is 1. The van der Waals surface area contributed by atoms with E-state index in [1.807, 2.05) is 13.0 Å². The van der Waals surface area contributed by atoms with Crippen LogP contribution in [0.1, 0.15) is 34.0 Å². The molecule has 0 aliphatic heterocycles. The van der Waals surface area contributed by atoms with Gasteiger partial charge in [-0.25, -0.2) is 4.79 Å². The maximum absolute atomic E-state index is 12.7. The van der Waals surface area contributed by atoms with Gasteiger partial charge in [0.15, 0.2) is 6.10 Å². The topological polar surface area (TPSA) is 82.8 Å². The first-order valence-corrected chi connectivity index (χ1v) is 9.21. The van der Waals surface area contributed by atoms with Gasteiger partial charge in [-0.15, -0.1) is 0 Å². The van der Waals surface area contributed by atoms with E-state index in [1.54, 1.807) is 50.2 Å². The minimum absolute atomic E-state index is 0.162. The molecule has 0 spiro atoms. The molecule has 1 atom stereocenters. The third kappa shape index (κ3) is 4.21. The Balaban J connectivity index is 2.07. The lowest BCUT2D eigenvalue weighted by molar-refractivity contribution is -0.139. The van der Waals surface area contributed by atoms with Crippen LogP contribution in [0, 0.1) is 13.8 Å². The minimum Gasteiger partial charge on any atom is -0.482 e. The number of methoxy groups -OCH3 is 1. The van der Waals surface area contributed by atoms with E-state index in [9.17, 15) is 14.4 Å². The number of carbonyl (C=O) groups excluding carboxylic acids is 2. The van der Waals surface area contributed by atoms with Crippen LogP contribution in [0.5, 0.6) is 5.75 Å². The summed E-state index contributed by atoms with van der Waals surface area (Å²) in [6, 6.07) is 12.4. The molecular formula is C23H22O6. The van der Waals surface area contributed by atoms with Gasteiger partial charge in [0.25, 0.3) is 0 Å². The van der Waals surface area contributed by atoms with Gasteiger partial charge in [-0.3, -0.25) is 9.59 Å². The zero-order valence-electron chi connectivity index (χ0n) is 16.8. The first-order chi connectivity index (χ1) is 13.8. The average Bonchev–Trinajstić information content (AvgIpc) is 2.70. The number of ketones is 1. The van der Waals surface area contributed by atoms with Gasteiger partial charge in [0.05, 0.1) is 24.5 Å². The van der Waals surface area contributed by atoms with E-state index in [0.29, 0.717) is 27.8 Å². The van der Waals surface area contributed by atoms with Crippen molar-refractivity contribution in [3.63, 3.8) is 0 Å². The number of carbonyl (C=O) groups is 2. The van der Waals surface area contributed by atoms with Crippen molar-refractivity contribution in [3.8, 4) is 5.75 Å². The van der Waals surface area contributed by atoms with Crippen molar-refractivity contribution in [1.82, 2.24) is 0 Å². The third-order valence-corrected chi connectivity index (χ3v) is 4.77. The highest BCUT2D eigenvalue weighted by Gasteiger charge is 2.22. The normalized spacial score (nSPS) is 11.9. The van der Waals surface area contributed by atoms with Crippen molar-refractivity contribution >= 4 is 22.7 Å². The van der Waals surface area contributed by atoms with Crippen LogP contribution in [-0.2, 0) is 16.0 Å². The Morgan fingerprint density at radius 2 is 1.79 bits per heavy atom. The standard InChI is InChI=1S/C23H22O6/c1-13-10-18(28-15(3)22(25)16-8-6-5-7-9-16)21-14(2)17(12-20(24)27-4)23(26)29-19(21)11-13/h5-11,15H,12H2,1-4H3/t15-/m0/s1. The molecule has 0 aliphatic carbocycles. The van der Waals surface area contributed by atoms with Crippen LogP contribution in [0.3, 0.4) is 0 Å². The highest BCUT2D eigenvalue weighted by Crippen LogP contribution is 2.32. The molecule has 6 nitrogen and oxygen atoms in total. The molecule has 0 unspecified atom stereocenters. The summed E-state index contributed by atoms with van der Waals surface area (Å²) in [6.45, 7) is 5.24. The molecule has 6 heteroatoms. The molecule has 1 heterocycles. The molecule has 2 aromatic carbocycles. The summed E-state index contributed by atoms with van der Waals surface area (Å²) in [7, 11) is 1.26. The van der Waals surface area contributed by atoms with Gasteiger partial charge in [0.2, 0.25) is 5.78 Å². The van der Waals surface area contributed by atoms with Crippen molar-refractivity contribution in [2.75, 3.05) is 7.11 Å². The van der Waals surface area contributed by atoms with Crippen LogP contribution >= 0.6 is 0 Å². The van der Waals surface area contributed by atoms with Gasteiger partial charge in [0.1, 0.15) is 11.3 Å². The van der Waals surface area contributed by atoms with E-state index < -0.39 is 17.7 Å². The second-order valence-corrected chi connectivity index (χ2v) is 6.87. The lowest BCUT2D eigenvalue weighted by atomic mass is 10.0.